The molecule has 0 heterocycles. The Labute approximate surface area is 191 Å². The van der Waals surface area contributed by atoms with E-state index in [1.54, 1.807) is 12.1 Å². The molecular weight excluding hydrogens is 416 g/mol. The topological polar surface area (TPSA) is 57.5 Å². The van der Waals surface area contributed by atoms with Crippen molar-refractivity contribution in [3.8, 4) is 11.5 Å². The van der Waals surface area contributed by atoms with E-state index in [0.29, 0.717) is 22.6 Å². The Morgan fingerprint density at radius 3 is 1.31 bits per heavy atom. The van der Waals surface area contributed by atoms with Crippen LogP contribution in [0.3, 0.4) is 0 Å². The zero-order valence-electron chi connectivity index (χ0n) is 17.8. The number of aryl methyl sites for hydroxylation is 4. The maximum atomic E-state index is 13.3. The molecule has 32 heavy (non-hydrogen) atoms. The molecule has 4 rings (SSSR count). The zero-order valence-corrected chi connectivity index (χ0v) is 18.6. The maximum Gasteiger partial charge on any atom is 0.135 e. The standard InChI is InChI=1S/C28H26O3S/c29-27-23(19-17-21-9-3-1-4-10-21)13-7-15-25(27)32(31)26-16-8-14-24(28(26)30)20-18-22-11-5-2-6-12-22/h1-16,29-30H,17-20H2. The lowest BCUT2D eigenvalue weighted by Crippen LogP contribution is -2.00. The van der Waals surface area contributed by atoms with Crippen molar-refractivity contribution in [3.63, 3.8) is 0 Å². The summed E-state index contributed by atoms with van der Waals surface area (Å²) in [6.45, 7) is 0. The van der Waals surface area contributed by atoms with Crippen molar-refractivity contribution in [1.29, 1.82) is 0 Å². The first kappa shape index (κ1) is 21.8. The molecule has 0 bridgehead atoms. The summed E-state index contributed by atoms with van der Waals surface area (Å²) in [7, 11) is -1.69. The normalized spacial score (nSPS) is 11.0. The number of rotatable bonds is 8. The summed E-state index contributed by atoms with van der Waals surface area (Å²) < 4.78 is 13.3. The molecule has 0 saturated heterocycles. The largest absolute Gasteiger partial charge is 0.506 e. The van der Waals surface area contributed by atoms with Gasteiger partial charge in [0.2, 0.25) is 0 Å². The molecule has 4 heteroatoms. The highest BCUT2D eigenvalue weighted by Crippen LogP contribution is 2.34. The molecule has 4 aromatic carbocycles. The molecule has 4 aromatic rings. The van der Waals surface area contributed by atoms with Gasteiger partial charge >= 0.3 is 0 Å². The first-order chi connectivity index (χ1) is 15.6. The van der Waals surface area contributed by atoms with Crippen LogP contribution in [-0.2, 0) is 36.5 Å². The number of phenols is 2. The van der Waals surface area contributed by atoms with Crippen molar-refractivity contribution in [2.24, 2.45) is 0 Å². The van der Waals surface area contributed by atoms with Crippen LogP contribution < -0.4 is 0 Å². The van der Waals surface area contributed by atoms with Gasteiger partial charge in [0.25, 0.3) is 0 Å². The third-order valence-electron chi connectivity index (χ3n) is 5.62. The van der Waals surface area contributed by atoms with Gasteiger partial charge in [-0.3, -0.25) is 0 Å². The van der Waals surface area contributed by atoms with Crippen LogP contribution in [0.2, 0.25) is 0 Å². The van der Waals surface area contributed by atoms with Crippen molar-refractivity contribution >= 4 is 10.8 Å². The predicted molar refractivity (Wildman–Crippen MR) is 129 cm³/mol. The van der Waals surface area contributed by atoms with E-state index in [2.05, 4.69) is 24.3 Å². The van der Waals surface area contributed by atoms with Crippen LogP contribution in [-0.4, -0.2) is 14.4 Å². The summed E-state index contributed by atoms with van der Waals surface area (Å²) in [6.07, 6.45) is 2.85. The second-order valence-corrected chi connectivity index (χ2v) is 9.18. The molecule has 0 aromatic heterocycles. The third kappa shape index (κ3) is 5.09. The minimum atomic E-state index is -1.69. The molecule has 0 amide bonds. The number of benzene rings is 4. The lowest BCUT2D eigenvalue weighted by atomic mass is 10.0. The number of hydrogen-bond acceptors (Lipinski definition) is 3. The van der Waals surface area contributed by atoms with E-state index < -0.39 is 10.8 Å². The summed E-state index contributed by atoms with van der Waals surface area (Å²) in [5.74, 6) is 0.0757. The van der Waals surface area contributed by atoms with Gasteiger partial charge in [-0.15, -0.1) is 0 Å². The highest BCUT2D eigenvalue weighted by atomic mass is 32.2. The Balaban J connectivity index is 1.54. The summed E-state index contributed by atoms with van der Waals surface area (Å²) in [6, 6.07) is 30.8. The van der Waals surface area contributed by atoms with Gasteiger partial charge in [-0.25, -0.2) is 4.21 Å². The Morgan fingerprint density at radius 1 is 0.500 bits per heavy atom. The van der Waals surface area contributed by atoms with E-state index >= 15 is 0 Å². The third-order valence-corrected chi connectivity index (χ3v) is 7.07. The van der Waals surface area contributed by atoms with Crippen LogP contribution in [0.4, 0.5) is 0 Å². The molecule has 0 unspecified atom stereocenters. The number of hydrogen-bond donors (Lipinski definition) is 2. The lowest BCUT2D eigenvalue weighted by molar-refractivity contribution is 0.450. The Bertz CT molecular complexity index is 1110. The molecule has 0 radical (unpaired) electrons. The van der Waals surface area contributed by atoms with E-state index in [0.717, 1.165) is 24.0 Å². The fourth-order valence-electron chi connectivity index (χ4n) is 3.80. The predicted octanol–water partition coefficient (Wildman–Crippen LogP) is 5.83. The monoisotopic (exact) mass is 442 g/mol. The fraction of sp³-hybridized carbons (Fsp3) is 0.143. The van der Waals surface area contributed by atoms with Crippen LogP contribution in [0.15, 0.2) is 107 Å². The van der Waals surface area contributed by atoms with E-state index in [-0.39, 0.29) is 11.5 Å². The molecule has 0 aliphatic heterocycles. The van der Waals surface area contributed by atoms with Gasteiger partial charge < -0.3 is 10.2 Å². The lowest BCUT2D eigenvalue weighted by Gasteiger charge is -2.13. The SMILES string of the molecule is O=S(c1cccc(CCc2ccccc2)c1O)c1cccc(CCc2ccccc2)c1O. The molecule has 3 nitrogen and oxygen atoms in total. The van der Waals surface area contributed by atoms with Crippen LogP contribution in [0, 0.1) is 0 Å². The first-order valence-electron chi connectivity index (χ1n) is 10.7. The number of para-hydroxylation sites is 2. The molecule has 0 atom stereocenters. The molecule has 2 N–H and O–H groups in total. The maximum absolute atomic E-state index is 13.3. The summed E-state index contributed by atoms with van der Waals surface area (Å²) >= 11 is 0. The first-order valence-corrected chi connectivity index (χ1v) is 11.9. The molecule has 162 valence electrons. The highest BCUT2D eigenvalue weighted by molar-refractivity contribution is 7.85. The van der Waals surface area contributed by atoms with Crippen molar-refractivity contribution < 1.29 is 14.4 Å². The fourth-order valence-corrected chi connectivity index (χ4v) is 5.06. The average molecular weight is 443 g/mol. The number of phenolic OH excluding ortho intramolecular Hbond substituents is 2. The molecular formula is C28H26O3S. The van der Waals surface area contributed by atoms with E-state index in [4.69, 9.17) is 0 Å². The van der Waals surface area contributed by atoms with Crippen molar-refractivity contribution in [2.75, 3.05) is 0 Å². The van der Waals surface area contributed by atoms with Gasteiger partial charge in [0, 0.05) is 0 Å². The number of aromatic hydroxyl groups is 2. The Hall–Kier alpha value is -3.37. The van der Waals surface area contributed by atoms with Gasteiger partial charge in [0.05, 0.1) is 20.6 Å². The average Bonchev–Trinajstić information content (AvgIpc) is 2.84. The van der Waals surface area contributed by atoms with Crippen molar-refractivity contribution in [2.45, 2.75) is 35.5 Å². The molecule has 0 saturated carbocycles. The van der Waals surface area contributed by atoms with E-state index in [9.17, 15) is 14.4 Å². The van der Waals surface area contributed by atoms with Crippen LogP contribution in [0.25, 0.3) is 0 Å². The van der Waals surface area contributed by atoms with Gasteiger partial charge in [0.1, 0.15) is 11.5 Å². The zero-order chi connectivity index (χ0) is 22.3. The van der Waals surface area contributed by atoms with E-state index in [1.165, 1.54) is 11.1 Å². The molecule has 0 aliphatic rings. The van der Waals surface area contributed by atoms with E-state index in [1.807, 2.05) is 60.7 Å². The quantitative estimate of drug-likeness (QED) is 0.361. The van der Waals surface area contributed by atoms with Gasteiger partial charge in [-0.2, -0.15) is 0 Å². The van der Waals surface area contributed by atoms with Crippen LogP contribution in [0.5, 0.6) is 11.5 Å². The van der Waals surface area contributed by atoms with Crippen molar-refractivity contribution in [1.82, 2.24) is 0 Å². The minimum absolute atomic E-state index is 0.0378. The highest BCUT2D eigenvalue weighted by Gasteiger charge is 2.19. The molecule has 0 aliphatic carbocycles. The van der Waals surface area contributed by atoms with Crippen LogP contribution >= 0.6 is 0 Å². The van der Waals surface area contributed by atoms with Gasteiger partial charge in [0.15, 0.2) is 0 Å². The second kappa shape index (κ2) is 10.3. The summed E-state index contributed by atoms with van der Waals surface area (Å²) in [5.41, 5.74) is 3.86. The Morgan fingerprint density at radius 2 is 0.906 bits per heavy atom. The van der Waals surface area contributed by atoms with Gasteiger partial charge in [-0.1, -0.05) is 84.9 Å². The van der Waals surface area contributed by atoms with Gasteiger partial charge in [-0.05, 0) is 60.1 Å². The molecule has 0 spiro atoms. The smallest absolute Gasteiger partial charge is 0.135 e. The minimum Gasteiger partial charge on any atom is -0.506 e. The Kier molecular flexibility index (Phi) is 7.03. The summed E-state index contributed by atoms with van der Waals surface area (Å²) in [4.78, 5) is 0.650. The van der Waals surface area contributed by atoms with Crippen molar-refractivity contribution in [3.05, 3.63) is 119 Å². The molecule has 0 fully saturated rings. The summed E-state index contributed by atoms with van der Waals surface area (Å²) in [5, 5.41) is 21.7. The second-order valence-electron chi connectivity index (χ2n) is 7.77. The van der Waals surface area contributed by atoms with Crippen LogP contribution in [0.1, 0.15) is 22.3 Å².